The molecule has 0 radical (unpaired) electrons. The third-order valence-corrected chi connectivity index (χ3v) is 4.93. The van der Waals surface area contributed by atoms with Crippen molar-refractivity contribution in [2.45, 2.75) is 6.42 Å². The van der Waals surface area contributed by atoms with Crippen LogP contribution in [0.1, 0.15) is 12.0 Å². The van der Waals surface area contributed by atoms with Crippen LogP contribution in [-0.2, 0) is 4.79 Å². The van der Waals surface area contributed by atoms with Crippen molar-refractivity contribution in [3.8, 4) is 0 Å². The lowest BCUT2D eigenvalue weighted by atomic mass is 9.76. The number of benzene rings is 1. The molecule has 0 bridgehead atoms. The summed E-state index contributed by atoms with van der Waals surface area (Å²) in [6.45, 7) is 0.680. The Bertz CT molecular complexity index is 888. The number of carbonyl (C=O) groups is 1. The second kappa shape index (κ2) is 4.35. The summed E-state index contributed by atoms with van der Waals surface area (Å²) in [6.07, 6.45) is 2.46. The number of piperidine rings is 1. The number of hydrogen-bond donors (Lipinski definition) is 3. The van der Waals surface area contributed by atoms with E-state index in [-0.39, 0.29) is 11.7 Å². The summed E-state index contributed by atoms with van der Waals surface area (Å²) in [5.74, 6) is 0.246. The van der Waals surface area contributed by atoms with E-state index in [0.717, 1.165) is 34.1 Å². The molecule has 4 aliphatic rings. The molecule has 1 saturated heterocycles. The van der Waals surface area contributed by atoms with E-state index in [9.17, 15) is 4.79 Å². The normalized spacial score (nSPS) is 24.0. The van der Waals surface area contributed by atoms with E-state index in [1.165, 1.54) is 11.1 Å². The van der Waals surface area contributed by atoms with Crippen LogP contribution < -0.4 is 16.0 Å². The van der Waals surface area contributed by atoms with Gasteiger partial charge in [-0.05, 0) is 11.6 Å². The minimum absolute atomic E-state index is 0.0736. The van der Waals surface area contributed by atoms with E-state index in [2.05, 4.69) is 33.1 Å². The molecule has 3 N–H and O–H groups in total. The van der Waals surface area contributed by atoms with Crippen LogP contribution in [0.5, 0.6) is 0 Å². The molecule has 0 spiro atoms. The largest absolute Gasteiger partial charge is 0.386 e. The first-order valence-electron chi connectivity index (χ1n) is 7.88. The third kappa shape index (κ3) is 1.51. The number of ketones is 1. The number of rotatable bonds is 1. The molecule has 3 heterocycles. The predicted octanol–water partition coefficient (Wildman–Crippen LogP) is 1.78. The zero-order chi connectivity index (χ0) is 15.6. The summed E-state index contributed by atoms with van der Waals surface area (Å²) >= 11 is 0. The number of fused-ring (bicyclic) bond motifs is 3. The Balaban J connectivity index is 1.80. The Labute approximate surface area is 133 Å². The lowest BCUT2D eigenvalue weighted by molar-refractivity contribution is -0.115. The third-order valence-electron chi connectivity index (χ3n) is 4.93. The average molecular weight is 304 g/mol. The topological polar surface area (TPSA) is 65.5 Å². The Morgan fingerprint density at radius 1 is 1.30 bits per heavy atom. The molecule has 0 saturated carbocycles. The summed E-state index contributed by atoms with van der Waals surface area (Å²) in [7, 11) is 1.86. The molecular weight excluding hydrogens is 288 g/mol. The molecule has 5 rings (SSSR count). The first-order chi connectivity index (χ1) is 11.3. The van der Waals surface area contributed by atoms with Gasteiger partial charge in [0.15, 0.2) is 5.78 Å². The first kappa shape index (κ1) is 12.7. The van der Waals surface area contributed by atoms with Gasteiger partial charge < -0.3 is 16.0 Å². The Kier molecular flexibility index (Phi) is 2.40. The maximum Gasteiger partial charge on any atom is 0.168 e. The number of nitrogens with one attached hydrogen (secondary N) is 3. The number of carbonyl (C=O) groups excluding carboxylic acids is 1. The van der Waals surface area contributed by atoms with Gasteiger partial charge in [0.25, 0.3) is 0 Å². The molecule has 1 aliphatic carbocycles. The van der Waals surface area contributed by atoms with E-state index in [1.807, 2.05) is 25.4 Å². The van der Waals surface area contributed by atoms with Crippen LogP contribution in [0.25, 0.3) is 5.57 Å². The molecular formula is C18H16N4O. The molecule has 0 unspecified atom stereocenters. The standard InChI is InChI=1S/C18H16N4O/c1-19-15-14-12(23)6-7-20-17(14)18-13-10(8-21-16(13)15)9-4-2-3-5-11(9)22-18/h2-5,8,13,19-20,22H,6-7H2,1H3/t13-/m0/s1. The van der Waals surface area contributed by atoms with Crippen LogP contribution in [-0.4, -0.2) is 25.1 Å². The van der Waals surface area contributed by atoms with Crippen molar-refractivity contribution in [2.24, 2.45) is 10.9 Å². The van der Waals surface area contributed by atoms with Gasteiger partial charge in [-0.2, -0.15) is 0 Å². The summed E-state index contributed by atoms with van der Waals surface area (Å²) in [5, 5.41) is 10.2. The number of hydrogen-bond acceptors (Lipinski definition) is 5. The van der Waals surface area contributed by atoms with Gasteiger partial charge >= 0.3 is 0 Å². The summed E-state index contributed by atoms with van der Waals surface area (Å²) in [5.41, 5.74) is 7.97. The van der Waals surface area contributed by atoms with Crippen molar-refractivity contribution in [3.05, 3.63) is 58.7 Å². The van der Waals surface area contributed by atoms with Crippen molar-refractivity contribution >= 4 is 22.8 Å². The smallest absolute Gasteiger partial charge is 0.168 e. The minimum atomic E-state index is 0.0736. The van der Waals surface area contributed by atoms with E-state index in [0.29, 0.717) is 13.0 Å². The highest BCUT2D eigenvalue weighted by atomic mass is 16.1. The van der Waals surface area contributed by atoms with Gasteiger partial charge in [-0.1, -0.05) is 18.2 Å². The van der Waals surface area contributed by atoms with Crippen LogP contribution >= 0.6 is 0 Å². The van der Waals surface area contributed by atoms with Gasteiger partial charge in [0.1, 0.15) is 0 Å². The Morgan fingerprint density at radius 2 is 2.17 bits per heavy atom. The van der Waals surface area contributed by atoms with Gasteiger partial charge in [-0.15, -0.1) is 0 Å². The highest BCUT2D eigenvalue weighted by Gasteiger charge is 2.44. The molecule has 23 heavy (non-hydrogen) atoms. The van der Waals surface area contributed by atoms with E-state index < -0.39 is 0 Å². The quantitative estimate of drug-likeness (QED) is 0.740. The SMILES string of the molecule is CNC1=C2C(=O)CCNC2=C2Nc3ccccc3C3=CN=C1[C@H]32. The number of nitrogens with zero attached hydrogens (tertiary/aromatic N) is 1. The monoisotopic (exact) mass is 304 g/mol. The molecule has 1 aromatic rings. The van der Waals surface area contributed by atoms with Crippen LogP contribution in [0, 0.1) is 5.92 Å². The molecule has 114 valence electrons. The molecule has 3 aliphatic heterocycles. The number of Topliss-reactive ketones (excluding diaryl/α,β-unsaturated/α-hetero) is 1. The average Bonchev–Trinajstić information content (AvgIpc) is 3.02. The number of aliphatic imine (C=N–C) groups is 1. The van der Waals surface area contributed by atoms with E-state index in [1.54, 1.807) is 0 Å². The van der Waals surface area contributed by atoms with Gasteiger partial charge in [0.2, 0.25) is 0 Å². The fourth-order valence-corrected chi connectivity index (χ4v) is 3.96. The molecule has 1 aromatic carbocycles. The zero-order valence-electron chi connectivity index (χ0n) is 12.7. The summed E-state index contributed by atoms with van der Waals surface area (Å²) in [4.78, 5) is 17.2. The van der Waals surface area contributed by atoms with Crippen molar-refractivity contribution in [1.82, 2.24) is 10.6 Å². The molecule has 1 atom stereocenters. The highest BCUT2D eigenvalue weighted by Crippen LogP contribution is 2.48. The number of anilines is 1. The van der Waals surface area contributed by atoms with Crippen LogP contribution in [0.4, 0.5) is 5.69 Å². The van der Waals surface area contributed by atoms with Gasteiger partial charge in [-0.25, -0.2) is 0 Å². The predicted molar refractivity (Wildman–Crippen MR) is 89.7 cm³/mol. The first-order valence-corrected chi connectivity index (χ1v) is 7.88. The van der Waals surface area contributed by atoms with E-state index >= 15 is 0 Å². The van der Waals surface area contributed by atoms with Crippen molar-refractivity contribution in [2.75, 3.05) is 18.9 Å². The Hall–Kier alpha value is -2.82. The fraction of sp³-hybridized carbons (Fsp3) is 0.222. The minimum Gasteiger partial charge on any atom is -0.386 e. The van der Waals surface area contributed by atoms with Crippen LogP contribution in [0.15, 0.2) is 58.1 Å². The van der Waals surface area contributed by atoms with E-state index in [4.69, 9.17) is 0 Å². The molecule has 0 amide bonds. The van der Waals surface area contributed by atoms with Gasteiger partial charge in [-0.3, -0.25) is 9.79 Å². The van der Waals surface area contributed by atoms with Crippen LogP contribution in [0.3, 0.4) is 0 Å². The van der Waals surface area contributed by atoms with Gasteiger partial charge in [0, 0.05) is 37.5 Å². The summed E-state index contributed by atoms with van der Waals surface area (Å²) < 4.78 is 0. The van der Waals surface area contributed by atoms with Crippen molar-refractivity contribution < 1.29 is 4.79 Å². The molecule has 0 aromatic heterocycles. The van der Waals surface area contributed by atoms with Crippen molar-refractivity contribution in [1.29, 1.82) is 0 Å². The number of para-hydroxylation sites is 1. The molecule has 5 heteroatoms. The zero-order valence-corrected chi connectivity index (χ0v) is 12.7. The number of allylic oxidation sites excluding steroid dienone is 3. The van der Waals surface area contributed by atoms with Crippen LogP contribution in [0.2, 0.25) is 0 Å². The highest BCUT2D eigenvalue weighted by molar-refractivity contribution is 6.21. The second-order valence-corrected chi connectivity index (χ2v) is 6.09. The summed E-state index contributed by atoms with van der Waals surface area (Å²) in [6, 6.07) is 8.25. The fourth-order valence-electron chi connectivity index (χ4n) is 3.96. The molecule has 5 nitrogen and oxygen atoms in total. The molecule has 1 fully saturated rings. The Morgan fingerprint density at radius 3 is 3.04 bits per heavy atom. The second-order valence-electron chi connectivity index (χ2n) is 6.09. The lowest BCUT2D eigenvalue weighted by Gasteiger charge is -2.38. The maximum absolute atomic E-state index is 12.5. The maximum atomic E-state index is 12.5. The lowest BCUT2D eigenvalue weighted by Crippen LogP contribution is -2.43. The van der Waals surface area contributed by atoms with Gasteiger partial charge in [0.05, 0.1) is 34.3 Å². The van der Waals surface area contributed by atoms with Crippen molar-refractivity contribution in [3.63, 3.8) is 0 Å².